The van der Waals surface area contributed by atoms with E-state index in [4.69, 9.17) is 5.11 Å². The van der Waals surface area contributed by atoms with E-state index in [-0.39, 0.29) is 5.75 Å². The lowest BCUT2D eigenvalue weighted by molar-refractivity contribution is -0.131. The van der Waals surface area contributed by atoms with Gasteiger partial charge < -0.3 is 10.2 Å². The van der Waals surface area contributed by atoms with Crippen molar-refractivity contribution in [2.45, 2.75) is 0 Å². The van der Waals surface area contributed by atoms with Gasteiger partial charge in [0.15, 0.2) is 0 Å². The third-order valence-electron chi connectivity index (χ3n) is 2.54. The first-order chi connectivity index (χ1) is 8.66. The summed E-state index contributed by atoms with van der Waals surface area (Å²) >= 11 is 0. The van der Waals surface area contributed by atoms with Crippen LogP contribution in [0.2, 0.25) is 0 Å². The van der Waals surface area contributed by atoms with Crippen LogP contribution in [0.15, 0.2) is 54.6 Å². The normalized spacial score (nSPS) is 10.7. The fourth-order valence-corrected chi connectivity index (χ4v) is 1.71. The summed E-state index contributed by atoms with van der Waals surface area (Å²) in [6.07, 6.45) is 2.67. The average Bonchev–Trinajstić information content (AvgIpc) is 2.38. The molecule has 0 saturated heterocycles. The number of carboxylic acids is 1. The van der Waals surface area contributed by atoms with Crippen LogP contribution in [0.4, 0.5) is 0 Å². The van der Waals surface area contributed by atoms with Crippen molar-refractivity contribution in [1.29, 1.82) is 0 Å². The topological polar surface area (TPSA) is 57.5 Å². The molecule has 0 aliphatic rings. The lowest BCUT2D eigenvalue weighted by atomic mass is 9.99. The number of aliphatic carboxylic acids is 1. The van der Waals surface area contributed by atoms with Crippen molar-refractivity contribution in [3.05, 3.63) is 60.2 Å². The Balaban J connectivity index is 2.44. The maximum absolute atomic E-state index is 10.5. The van der Waals surface area contributed by atoms with Crippen LogP contribution in [0, 0.1) is 0 Å². The van der Waals surface area contributed by atoms with E-state index in [1.807, 2.05) is 24.3 Å². The van der Waals surface area contributed by atoms with E-state index in [0.717, 1.165) is 22.8 Å². The van der Waals surface area contributed by atoms with Crippen LogP contribution in [0.5, 0.6) is 5.75 Å². The van der Waals surface area contributed by atoms with Gasteiger partial charge in [-0.3, -0.25) is 0 Å². The largest absolute Gasteiger partial charge is 0.508 e. The Morgan fingerprint density at radius 3 is 2.33 bits per heavy atom. The molecule has 0 bridgehead atoms. The van der Waals surface area contributed by atoms with Gasteiger partial charge in [0.2, 0.25) is 0 Å². The number of aromatic hydroxyl groups is 1. The summed E-state index contributed by atoms with van der Waals surface area (Å²) in [4.78, 5) is 10.5. The van der Waals surface area contributed by atoms with Crippen LogP contribution in [0.3, 0.4) is 0 Å². The molecule has 90 valence electrons. The second-order valence-electron chi connectivity index (χ2n) is 3.81. The van der Waals surface area contributed by atoms with E-state index in [0.29, 0.717) is 0 Å². The molecule has 0 unspecified atom stereocenters. The SMILES string of the molecule is O=C(O)C=Cc1ccccc1-c1ccc(O)cc1. The molecule has 2 aromatic carbocycles. The zero-order valence-corrected chi connectivity index (χ0v) is 9.58. The first-order valence-electron chi connectivity index (χ1n) is 5.46. The summed E-state index contributed by atoms with van der Waals surface area (Å²) in [7, 11) is 0. The molecule has 2 N–H and O–H groups in total. The number of phenols is 1. The molecule has 0 saturated carbocycles. The number of phenolic OH excluding ortho intramolecular Hbond substituents is 1. The van der Waals surface area contributed by atoms with Crippen molar-refractivity contribution in [2.75, 3.05) is 0 Å². The van der Waals surface area contributed by atoms with Crippen molar-refractivity contribution in [1.82, 2.24) is 0 Å². The highest BCUT2D eigenvalue weighted by Gasteiger charge is 2.02. The number of rotatable bonds is 3. The number of benzene rings is 2. The van der Waals surface area contributed by atoms with Gasteiger partial charge in [0.1, 0.15) is 5.75 Å². The highest BCUT2D eigenvalue weighted by molar-refractivity contribution is 5.87. The van der Waals surface area contributed by atoms with Crippen molar-refractivity contribution < 1.29 is 15.0 Å². The Labute approximate surface area is 105 Å². The Morgan fingerprint density at radius 1 is 1.00 bits per heavy atom. The van der Waals surface area contributed by atoms with Crippen LogP contribution in [-0.4, -0.2) is 16.2 Å². The van der Waals surface area contributed by atoms with Crippen LogP contribution in [-0.2, 0) is 4.79 Å². The summed E-state index contributed by atoms with van der Waals surface area (Å²) in [6, 6.07) is 14.3. The lowest BCUT2D eigenvalue weighted by Gasteiger charge is -2.06. The predicted molar refractivity (Wildman–Crippen MR) is 70.2 cm³/mol. The van der Waals surface area contributed by atoms with Gasteiger partial charge in [-0.1, -0.05) is 36.4 Å². The third-order valence-corrected chi connectivity index (χ3v) is 2.54. The van der Waals surface area contributed by atoms with Crippen molar-refractivity contribution >= 4 is 12.0 Å². The van der Waals surface area contributed by atoms with Crippen molar-refractivity contribution in [3.63, 3.8) is 0 Å². The van der Waals surface area contributed by atoms with Crippen LogP contribution < -0.4 is 0 Å². The molecular weight excluding hydrogens is 228 g/mol. The minimum Gasteiger partial charge on any atom is -0.508 e. The molecule has 0 aromatic heterocycles. The molecule has 3 nitrogen and oxygen atoms in total. The number of carbonyl (C=O) groups is 1. The maximum Gasteiger partial charge on any atom is 0.328 e. The molecule has 0 amide bonds. The van der Waals surface area contributed by atoms with Gasteiger partial charge in [0.05, 0.1) is 0 Å². The van der Waals surface area contributed by atoms with Gasteiger partial charge in [-0.25, -0.2) is 4.79 Å². The van der Waals surface area contributed by atoms with Crippen LogP contribution in [0.25, 0.3) is 17.2 Å². The smallest absolute Gasteiger partial charge is 0.328 e. The molecule has 0 atom stereocenters. The van der Waals surface area contributed by atoms with Crippen molar-refractivity contribution in [2.24, 2.45) is 0 Å². The van der Waals surface area contributed by atoms with E-state index in [1.54, 1.807) is 30.3 Å². The minimum atomic E-state index is -0.976. The quantitative estimate of drug-likeness (QED) is 0.810. The van der Waals surface area contributed by atoms with Gasteiger partial charge in [0.25, 0.3) is 0 Å². The fraction of sp³-hybridized carbons (Fsp3) is 0. The number of hydrogen-bond donors (Lipinski definition) is 2. The monoisotopic (exact) mass is 240 g/mol. The molecule has 0 aliphatic heterocycles. The Kier molecular flexibility index (Phi) is 3.44. The summed E-state index contributed by atoms with van der Waals surface area (Å²) < 4.78 is 0. The van der Waals surface area contributed by atoms with Gasteiger partial charge in [-0.15, -0.1) is 0 Å². The first kappa shape index (κ1) is 11.9. The molecule has 3 heteroatoms. The van der Waals surface area contributed by atoms with Gasteiger partial charge in [0, 0.05) is 6.08 Å². The Hall–Kier alpha value is -2.55. The second kappa shape index (κ2) is 5.19. The van der Waals surface area contributed by atoms with Crippen LogP contribution >= 0.6 is 0 Å². The molecule has 0 fully saturated rings. The summed E-state index contributed by atoms with van der Waals surface area (Å²) in [6.45, 7) is 0. The van der Waals surface area contributed by atoms with E-state index in [2.05, 4.69) is 0 Å². The van der Waals surface area contributed by atoms with Crippen LogP contribution in [0.1, 0.15) is 5.56 Å². The number of hydrogen-bond acceptors (Lipinski definition) is 2. The zero-order chi connectivity index (χ0) is 13.0. The molecule has 2 aromatic rings. The Morgan fingerprint density at radius 2 is 1.67 bits per heavy atom. The third kappa shape index (κ3) is 2.77. The molecule has 0 spiro atoms. The zero-order valence-electron chi connectivity index (χ0n) is 9.58. The molecule has 0 radical (unpaired) electrons. The van der Waals surface area contributed by atoms with Crippen molar-refractivity contribution in [3.8, 4) is 16.9 Å². The molecule has 18 heavy (non-hydrogen) atoms. The van der Waals surface area contributed by atoms with E-state index >= 15 is 0 Å². The standard InChI is InChI=1S/C15H12O3/c16-13-8-5-12(6-9-13)14-4-2-1-3-11(14)7-10-15(17)18/h1-10,16H,(H,17,18). The van der Waals surface area contributed by atoms with Gasteiger partial charge in [-0.2, -0.15) is 0 Å². The molecule has 2 rings (SSSR count). The summed E-state index contributed by atoms with van der Waals surface area (Å²) in [5.74, 6) is -0.771. The number of carboxylic acid groups (broad SMARTS) is 1. The fourth-order valence-electron chi connectivity index (χ4n) is 1.71. The Bertz CT molecular complexity index is 583. The van der Waals surface area contributed by atoms with E-state index in [9.17, 15) is 9.90 Å². The predicted octanol–water partition coefficient (Wildman–Crippen LogP) is 3.16. The lowest BCUT2D eigenvalue weighted by Crippen LogP contribution is -1.87. The van der Waals surface area contributed by atoms with E-state index in [1.165, 1.54) is 0 Å². The molecule has 0 aliphatic carbocycles. The molecular formula is C15H12O3. The summed E-state index contributed by atoms with van der Waals surface area (Å²) in [5.41, 5.74) is 2.68. The summed E-state index contributed by atoms with van der Waals surface area (Å²) in [5, 5.41) is 17.9. The van der Waals surface area contributed by atoms with Gasteiger partial charge in [-0.05, 0) is 34.9 Å². The van der Waals surface area contributed by atoms with Gasteiger partial charge >= 0.3 is 5.97 Å². The second-order valence-corrected chi connectivity index (χ2v) is 3.81. The van der Waals surface area contributed by atoms with E-state index < -0.39 is 5.97 Å². The maximum atomic E-state index is 10.5. The minimum absolute atomic E-state index is 0.206. The molecule has 0 heterocycles. The first-order valence-corrected chi connectivity index (χ1v) is 5.46. The highest BCUT2D eigenvalue weighted by atomic mass is 16.4. The highest BCUT2D eigenvalue weighted by Crippen LogP contribution is 2.26. The average molecular weight is 240 g/mol.